The van der Waals surface area contributed by atoms with Crippen molar-refractivity contribution >= 4 is 5.97 Å². The first kappa shape index (κ1) is 12.9. The van der Waals surface area contributed by atoms with Crippen molar-refractivity contribution in [3.63, 3.8) is 0 Å². The van der Waals surface area contributed by atoms with Crippen LogP contribution in [0.4, 0.5) is 0 Å². The summed E-state index contributed by atoms with van der Waals surface area (Å²) in [7, 11) is 0. The molecule has 0 bridgehead atoms. The Morgan fingerprint density at radius 3 is 2.76 bits per heavy atom. The summed E-state index contributed by atoms with van der Waals surface area (Å²) >= 11 is 0. The predicted octanol–water partition coefficient (Wildman–Crippen LogP) is 2.50. The highest BCUT2D eigenvalue weighted by Crippen LogP contribution is 2.32. The molecule has 17 heavy (non-hydrogen) atoms. The van der Waals surface area contributed by atoms with E-state index in [1.807, 2.05) is 0 Å². The first-order chi connectivity index (χ1) is 8.16. The van der Waals surface area contributed by atoms with Crippen molar-refractivity contribution in [3.8, 4) is 0 Å². The van der Waals surface area contributed by atoms with E-state index < -0.39 is 0 Å². The summed E-state index contributed by atoms with van der Waals surface area (Å²) in [6, 6.07) is 0.516. The Bertz CT molecular complexity index is 265. The lowest BCUT2D eigenvalue weighted by atomic mass is 9.78. The lowest BCUT2D eigenvalue weighted by Crippen LogP contribution is -2.52. The van der Waals surface area contributed by atoms with E-state index in [2.05, 4.69) is 19.2 Å². The molecule has 1 heterocycles. The summed E-state index contributed by atoms with van der Waals surface area (Å²) in [4.78, 5) is 11.9. The average Bonchev–Trinajstić information content (AvgIpc) is 2.35. The number of rotatable bonds is 3. The fourth-order valence-corrected chi connectivity index (χ4v) is 3.03. The van der Waals surface area contributed by atoms with Gasteiger partial charge in [-0.3, -0.25) is 4.79 Å². The molecule has 1 N–H and O–H groups in total. The number of piperidine rings is 1. The predicted molar refractivity (Wildman–Crippen MR) is 67.7 cm³/mol. The molecule has 1 aliphatic carbocycles. The van der Waals surface area contributed by atoms with Crippen LogP contribution in [-0.4, -0.2) is 24.7 Å². The SMILES string of the molecule is CC(C)COC(=O)C1CCC2CCCCC2N1. The van der Waals surface area contributed by atoms with Crippen LogP contribution in [0, 0.1) is 11.8 Å². The van der Waals surface area contributed by atoms with E-state index in [0.717, 1.165) is 12.3 Å². The van der Waals surface area contributed by atoms with Crippen molar-refractivity contribution in [2.75, 3.05) is 6.61 Å². The second-order valence-corrected chi connectivity index (χ2v) is 5.97. The van der Waals surface area contributed by atoms with Gasteiger partial charge in [-0.2, -0.15) is 0 Å². The van der Waals surface area contributed by atoms with E-state index in [1.54, 1.807) is 0 Å². The van der Waals surface area contributed by atoms with Crippen LogP contribution in [0.5, 0.6) is 0 Å². The maximum Gasteiger partial charge on any atom is 0.323 e. The molecule has 98 valence electrons. The van der Waals surface area contributed by atoms with E-state index in [-0.39, 0.29) is 12.0 Å². The number of carbonyl (C=O) groups excluding carboxylic acids is 1. The third-order valence-electron chi connectivity index (χ3n) is 3.99. The van der Waals surface area contributed by atoms with Crippen LogP contribution < -0.4 is 5.32 Å². The average molecular weight is 239 g/mol. The molecule has 0 radical (unpaired) electrons. The monoisotopic (exact) mass is 239 g/mol. The molecule has 0 amide bonds. The smallest absolute Gasteiger partial charge is 0.323 e. The molecule has 3 nitrogen and oxygen atoms in total. The highest BCUT2D eigenvalue weighted by molar-refractivity contribution is 5.76. The minimum atomic E-state index is -0.0481. The van der Waals surface area contributed by atoms with Gasteiger partial charge in [0.25, 0.3) is 0 Å². The zero-order valence-electron chi connectivity index (χ0n) is 11.1. The van der Waals surface area contributed by atoms with Crippen LogP contribution >= 0.6 is 0 Å². The summed E-state index contributed by atoms with van der Waals surface area (Å²) in [5.41, 5.74) is 0. The zero-order chi connectivity index (χ0) is 12.3. The number of hydrogen-bond acceptors (Lipinski definition) is 3. The van der Waals surface area contributed by atoms with Crippen molar-refractivity contribution < 1.29 is 9.53 Å². The third kappa shape index (κ3) is 3.44. The molecule has 0 aromatic rings. The summed E-state index contributed by atoms with van der Waals surface area (Å²) in [5, 5.41) is 3.50. The van der Waals surface area contributed by atoms with Gasteiger partial charge in [0.15, 0.2) is 0 Å². The summed E-state index contributed by atoms with van der Waals surface area (Å²) in [6.45, 7) is 4.68. The molecule has 2 fully saturated rings. The second-order valence-electron chi connectivity index (χ2n) is 5.97. The van der Waals surface area contributed by atoms with E-state index in [0.29, 0.717) is 18.6 Å². The highest BCUT2D eigenvalue weighted by atomic mass is 16.5. The molecule has 1 saturated heterocycles. The van der Waals surface area contributed by atoms with Gasteiger partial charge in [0.2, 0.25) is 0 Å². The zero-order valence-corrected chi connectivity index (χ0v) is 11.1. The summed E-state index contributed by atoms with van der Waals surface area (Å²) in [6.07, 6.45) is 7.40. The lowest BCUT2D eigenvalue weighted by Gasteiger charge is -2.39. The van der Waals surface area contributed by atoms with E-state index in [1.165, 1.54) is 32.1 Å². The maximum atomic E-state index is 11.9. The van der Waals surface area contributed by atoms with Gasteiger partial charge in [-0.1, -0.05) is 26.7 Å². The summed E-state index contributed by atoms with van der Waals surface area (Å²) < 4.78 is 5.32. The van der Waals surface area contributed by atoms with Crippen LogP contribution in [0.1, 0.15) is 52.4 Å². The van der Waals surface area contributed by atoms with Gasteiger partial charge < -0.3 is 10.1 Å². The number of ether oxygens (including phenoxy) is 1. The molecule has 1 aliphatic heterocycles. The Labute approximate surface area is 104 Å². The van der Waals surface area contributed by atoms with Gasteiger partial charge in [0, 0.05) is 6.04 Å². The molecule has 0 spiro atoms. The van der Waals surface area contributed by atoms with Crippen LogP contribution in [0.3, 0.4) is 0 Å². The van der Waals surface area contributed by atoms with Crippen molar-refractivity contribution in [2.24, 2.45) is 11.8 Å². The standard InChI is InChI=1S/C14H25NO2/c1-10(2)9-17-14(16)13-8-7-11-5-3-4-6-12(11)15-13/h10-13,15H,3-9H2,1-2H3. The fraction of sp³-hybridized carbons (Fsp3) is 0.929. The van der Waals surface area contributed by atoms with Gasteiger partial charge in [-0.05, 0) is 37.5 Å². The van der Waals surface area contributed by atoms with E-state index >= 15 is 0 Å². The Kier molecular flexibility index (Phi) is 4.43. The second kappa shape index (κ2) is 5.85. The molecule has 2 rings (SSSR count). The van der Waals surface area contributed by atoms with Crippen LogP contribution in [0.25, 0.3) is 0 Å². The highest BCUT2D eigenvalue weighted by Gasteiger charge is 2.35. The Hall–Kier alpha value is -0.570. The van der Waals surface area contributed by atoms with Crippen LogP contribution in [0.15, 0.2) is 0 Å². The quantitative estimate of drug-likeness (QED) is 0.769. The van der Waals surface area contributed by atoms with Gasteiger partial charge in [0.05, 0.1) is 6.61 Å². The van der Waals surface area contributed by atoms with E-state index in [4.69, 9.17) is 4.74 Å². The first-order valence-corrected chi connectivity index (χ1v) is 7.09. The minimum Gasteiger partial charge on any atom is -0.464 e. The van der Waals surface area contributed by atoms with Gasteiger partial charge in [0.1, 0.15) is 6.04 Å². The lowest BCUT2D eigenvalue weighted by molar-refractivity contribution is -0.148. The Morgan fingerprint density at radius 1 is 1.24 bits per heavy atom. The molecule has 0 aromatic carbocycles. The molecule has 0 aromatic heterocycles. The summed E-state index contributed by atoms with van der Waals surface area (Å²) in [5.74, 6) is 1.19. The van der Waals surface area contributed by atoms with Crippen molar-refractivity contribution in [1.29, 1.82) is 0 Å². The van der Waals surface area contributed by atoms with E-state index in [9.17, 15) is 4.79 Å². The van der Waals surface area contributed by atoms with Crippen molar-refractivity contribution in [3.05, 3.63) is 0 Å². The molecule has 3 heteroatoms. The number of esters is 1. The normalized spacial score (nSPS) is 33.2. The van der Waals surface area contributed by atoms with Gasteiger partial charge in [-0.25, -0.2) is 0 Å². The molecule has 2 aliphatic rings. The third-order valence-corrected chi connectivity index (χ3v) is 3.99. The molecule has 3 atom stereocenters. The molecule has 3 unspecified atom stereocenters. The molecule has 1 saturated carbocycles. The van der Waals surface area contributed by atoms with Gasteiger partial charge >= 0.3 is 5.97 Å². The topological polar surface area (TPSA) is 38.3 Å². The number of fused-ring (bicyclic) bond motifs is 1. The number of carbonyl (C=O) groups is 1. The fourth-order valence-electron chi connectivity index (χ4n) is 3.03. The maximum absolute atomic E-state index is 11.9. The van der Waals surface area contributed by atoms with Crippen molar-refractivity contribution in [1.82, 2.24) is 5.32 Å². The Morgan fingerprint density at radius 2 is 2.00 bits per heavy atom. The number of nitrogens with one attached hydrogen (secondary N) is 1. The van der Waals surface area contributed by atoms with Crippen LogP contribution in [0.2, 0.25) is 0 Å². The number of hydrogen-bond donors (Lipinski definition) is 1. The van der Waals surface area contributed by atoms with Crippen molar-refractivity contribution in [2.45, 2.75) is 64.5 Å². The Balaban J connectivity index is 1.80. The van der Waals surface area contributed by atoms with Gasteiger partial charge in [-0.15, -0.1) is 0 Å². The minimum absolute atomic E-state index is 0.0391. The molecular weight excluding hydrogens is 214 g/mol. The van der Waals surface area contributed by atoms with Crippen LogP contribution in [-0.2, 0) is 9.53 Å². The largest absolute Gasteiger partial charge is 0.464 e. The first-order valence-electron chi connectivity index (χ1n) is 7.09. The molecular formula is C14H25NO2.